The Morgan fingerprint density at radius 1 is 1.55 bits per heavy atom. The first-order chi connectivity index (χ1) is 10.4. The number of rotatable bonds is 5. The van der Waals surface area contributed by atoms with Crippen molar-refractivity contribution in [2.75, 3.05) is 12.4 Å². The molecule has 0 saturated heterocycles. The Morgan fingerprint density at radius 2 is 2.27 bits per heavy atom. The Kier molecular flexibility index (Phi) is 4.62. The van der Waals surface area contributed by atoms with E-state index in [0.29, 0.717) is 10.7 Å². The molecule has 1 amide bonds. The van der Waals surface area contributed by atoms with E-state index in [1.807, 2.05) is 0 Å². The fourth-order valence-electron chi connectivity index (χ4n) is 1.82. The number of methoxy groups -OCH3 is 1. The van der Waals surface area contributed by atoms with Gasteiger partial charge in [0.25, 0.3) is 0 Å². The van der Waals surface area contributed by atoms with Crippen molar-refractivity contribution < 1.29 is 14.5 Å². The summed E-state index contributed by atoms with van der Waals surface area (Å²) in [6, 6.07) is 5.15. The molecule has 0 bridgehead atoms. The van der Waals surface area contributed by atoms with E-state index in [1.54, 1.807) is 25.1 Å². The second-order valence-corrected chi connectivity index (χ2v) is 4.85. The fourth-order valence-corrected chi connectivity index (χ4v) is 2.00. The quantitative estimate of drug-likeness (QED) is 0.672. The number of carbonyl (C=O) groups excluding carboxylic acids is 1. The first-order valence-electron chi connectivity index (χ1n) is 6.23. The van der Waals surface area contributed by atoms with Crippen molar-refractivity contribution >= 4 is 28.9 Å². The summed E-state index contributed by atoms with van der Waals surface area (Å²) >= 11 is 5.97. The van der Waals surface area contributed by atoms with Crippen LogP contribution in [0, 0.1) is 17.0 Å². The van der Waals surface area contributed by atoms with Crippen LogP contribution >= 0.6 is 11.6 Å². The topological polar surface area (TPSA) is 99.3 Å². The molecule has 2 rings (SSSR count). The summed E-state index contributed by atoms with van der Waals surface area (Å²) in [5, 5.41) is 17.9. The molecule has 1 aromatic heterocycles. The molecule has 0 radical (unpaired) electrons. The van der Waals surface area contributed by atoms with Crippen LogP contribution in [0.4, 0.5) is 11.4 Å². The molecule has 0 aliphatic heterocycles. The maximum Gasteiger partial charge on any atom is 0.350 e. The van der Waals surface area contributed by atoms with E-state index in [9.17, 15) is 14.9 Å². The van der Waals surface area contributed by atoms with Gasteiger partial charge in [-0.3, -0.25) is 19.6 Å². The van der Waals surface area contributed by atoms with Crippen LogP contribution in [0.15, 0.2) is 24.4 Å². The van der Waals surface area contributed by atoms with Crippen molar-refractivity contribution in [2.45, 2.75) is 13.5 Å². The molecule has 0 aliphatic rings. The first kappa shape index (κ1) is 15.8. The smallest absolute Gasteiger partial charge is 0.350 e. The molecule has 116 valence electrons. The summed E-state index contributed by atoms with van der Waals surface area (Å²) < 4.78 is 5.94. The Morgan fingerprint density at radius 3 is 2.86 bits per heavy atom. The normalized spacial score (nSPS) is 10.3. The monoisotopic (exact) mass is 324 g/mol. The van der Waals surface area contributed by atoms with Crippen LogP contribution in [0.3, 0.4) is 0 Å². The number of nitrogens with zero attached hydrogens (tertiary/aromatic N) is 3. The predicted octanol–water partition coefficient (Wildman–Crippen LogP) is 2.40. The van der Waals surface area contributed by atoms with Crippen LogP contribution in [0.5, 0.6) is 5.88 Å². The minimum atomic E-state index is -0.624. The number of ether oxygens (including phenoxy) is 1. The number of carbonyl (C=O) groups is 1. The SMILES string of the molecule is COc1nn(CC(=O)Nc2cccc(Cl)c2C)cc1[N+](=O)[O-]. The standard InChI is InChI=1S/C13H13ClN4O4/c1-8-9(14)4-3-5-10(8)15-12(19)7-17-6-11(18(20)21)13(16-17)22-2/h3-6H,7H2,1-2H3,(H,15,19). The molecular formula is C13H13ClN4O4. The molecule has 2 aromatic rings. The van der Waals surface area contributed by atoms with Gasteiger partial charge in [0.1, 0.15) is 12.7 Å². The van der Waals surface area contributed by atoms with Gasteiger partial charge in [-0.15, -0.1) is 5.10 Å². The highest BCUT2D eigenvalue weighted by Crippen LogP contribution is 2.25. The van der Waals surface area contributed by atoms with Gasteiger partial charge in [-0.25, -0.2) is 0 Å². The van der Waals surface area contributed by atoms with Crippen molar-refractivity contribution in [3.05, 3.63) is 45.1 Å². The summed E-state index contributed by atoms with van der Waals surface area (Å²) in [7, 11) is 1.27. The highest BCUT2D eigenvalue weighted by atomic mass is 35.5. The molecule has 0 saturated carbocycles. The maximum atomic E-state index is 12.0. The van der Waals surface area contributed by atoms with Crippen LogP contribution < -0.4 is 10.1 Å². The van der Waals surface area contributed by atoms with E-state index in [4.69, 9.17) is 16.3 Å². The van der Waals surface area contributed by atoms with E-state index >= 15 is 0 Å². The highest BCUT2D eigenvalue weighted by molar-refractivity contribution is 6.31. The third kappa shape index (κ3) is 3.34. The van der Waals surface area contributed by atoms with E-state index in [-0.39, 0.29) is 24.0 Å². The third-order valence-electron chi connectivity index (χ3n) is 2.95. The van der Waals surface area contributed by atoms with Gasteiger partial charge in [0.15, 0.2) is 0 Å². The Labute approximate surface area is 130 Å². The molecule has 0 atom stereocenters. The average Bonchev–Trinajstić information content (AvgIpc) is 2.87. The number of benzene rings is 1. The average molecular weight is 325 g/mol. The molecule has 0 spiro atoms. The number of anilines is 1. The largest absolute Gasteiger partial charge is 0.475 e. The van der Waals surface area contributed by atoms with Crippen LogP contribution in [0.2, 0.25) is 5.02 Å². The second-order valence-electron chi connectivity index (χ2n) is 4.44. The molecule has 9 heteroatoms. The second kappa shape index (κ2) is 6.44. The summed E-state index contributed by atoms with van der Waals surface area (Å²) in [5.41, 5.74) is 1.02. The molecular weight excluding hydrogens is 312 g/mol. The van der Waals surface area contributed by atoms with Gasteiger partial charge in [-0.2, -0.15) is 0 Å². The number of nitro groups is 1. The van der Waals surface area contributed by atoms with E-state index in [0.717, 1.165) is 16.4 Å². The Balaban J connectivity index is 2.12. The lowest BCUT2D eigenvalue weighted by Crippen LogP contribution is -2.19. The molecule has 1 aromatic carbocycles. The van der Waals surface area contributed by atoms with Crippen molar-refractivity contribution in [1.82, 2.24) is 9.78 Å². The van der Waals surface area contributed by atoms with Gasteiger partial charge in [0, 0.05) is 10.7 Å². The van der Waals surface area contributed by atoms with Crippen LogP contribution in [0.1, 0.15) is 5.56 Å². The van der Waals surface area contributed by atoms with Gasteiger partial charge in [-0.1, -0.05) is 17.7 Å². The summed E-state index contributed by atoms with van der Waals surface area (Å²) in [4.78, 5) is 22.2. The Bertz CT molecular complexity index is 729. The zero-order chi connectivity index (χ0) is 16.3. The van der Waals surface area contributed by atoms with E-state index in [2.05, 4.69) is 10.4 Å². The van der Waals surface area contributed by atoms with Gasteiger partial charge >= 0.3 is 11.6 Å². The summed E-state index contributed by atoms with van der Waals surface area (Å²) in [6.07, 6.45) is 1.14. The molecule has 0 unspecified atom stereocenters. The first-order valence-corrected chi connectivity index (χ1v) is 6.61. The van der Waals surface area contributed by atoms with Crippen LogP contribution in [0.25, 0.3) is 0 Å². The molecule has 1 heterocycles. The van der Waals surface area contributed by atoms with Gasteiger partial charge in [0.2, 0.25) is 5.91 Å². The number of nitrogens with one attached hydrogen (secondary N) is 1. The predicted molar refractivity (Wildman–Crippen MR) is 80.3 cm³/mol. The van der Waals surface area contributed by atoms with Crippen molar-refractivity contribution in [1.29, 1.82) is 0 Å². The molecule has 0 fully saturated rings. The van der Waals surface area contributed by atoms with Gasteiger partial charge in [0.05, 0.1) is 12.0 Å². The minimum absolute atomic E-state index is 0.142. The van der Waals surface area contributed by atoms with Crippen molar-refractivity contribution in [2.24, 2.45) is 0 Å². The van der Waals surface area contributed by atoms with Gasteiger partial charge in [-0.05, 0) is 24.6 Å². The molecule has 0 aliphatic carbocycles. The summed E-state index contributed by atoms with van der Waals surface area (Å²) in [5.74, 6) is -0.526. The van der Waals surface area contributed by atoms with Crippen molar-refractivity contribution in [3.63, 3.8) is 0 Å². The highest BCUT2D eigenvalue weighted by Gasteiger charge is 2.21. The Hall–Kier alpha value is -2.61. The lowest BCUT2D eigenvalue weighted by molar-refractivity contribution is -0.385. The molecule has 22 heavy (non-hydrogen) atoms. The van der Waals surface area contributed by atoms with Crippen LogP contribution in [-0.4, -0.2) is 27.7 Å². The number of amides is 1. The van der Waals surface area contributed by atoms with E-state index in [1.165, 1.54) is 7.11 Å². The number of halogens is 1. The zero-order valence-electron chi connectivity index (χ0n) is 11.9. The lowest BCUT2D eigenvalue weighted by Gasteiger charge is -2.09. The number of hydrogen-bond donors (Lipinski definition) is 1. The lowest BCUT2D eigenvalue weighted by atomic mass is 10.2. The maximum absolute atomic E-state index is 12.0. The molecule has 1 N–H and O–H groups in total. The minimum Gasteiger partial charge on any atom is -0.475 e. The van der Waals surface area contributed by atoms with E-state index < -0.39 is 4.92 Å². The van der Waals surface area contributed by atoms with Gasteiger partial charge < -0.3 is 10.1 Å². The van der Waals surface area contributed by atoms with Crippen LogP contribution in [-0.2, 0) is 11.3 Å². The number of aromatic nitrogens is 2. The third-order valence-corrected chi connectivity index (χ3v) is 3.36. The molecule has 8 nitrogen and oxygen atoms in total. The number of hydrogen-bond acceptors (Lipinski definition) is 5. The fraction of sp³-hybridized carbons (Fsp3) is 0.231. The van der Waals surface area contributed by atoms with Crippen molar-refractivity contribution in [3.8, 4) is 5.88 Å². The summed E-state index contributed by atoms with van der Waals surface area (Å²) in [6.45, 7) is 1.59. The zero-order valence-corrected chi connectivity index (χ0v) is 12.6.